The summed E-state index contributed by atoms with van der Waals surface area (Å²) < 4.78 is 11.6. The van der Waals surface area contributed by atoms with E-state index in [1.807, 2.05) is 13.0 Å². The molecule has 0 heterocycles. The standard InChI is InChI=1S/C14H19BrO4/c1-4-10-9(6-5-7-12(16)17)8-11(15)14(19-3)13(10)18-2/h8H,4-7H2,1-3H3,(H,16,17). The normalized spacial score (nSPS) is 10.3. The summed E-state index contributed by atoms with van der Waals surface area (Å²) in [6.07, 6.45) is 2.32. The molecule has 0 aromatic heterocycles. The summed E-state index contributed by atoms with van der Waals surface area (Å²) in [4.78, 5) is 10.6. The number of hydrogen-bond acceptors (Lipinski definition) is 3. The molecule has 0 aliphatic heterocycles. The van der Waals surface area contributed by atoms with E-state index in [4.69, 9.17) is 14.6 Å². The summed E-state index contributed by atoms with van der Waals surface area (Å²) in [5.41, 5.74) is 2.18. The van der Waals surface area contributed by atoms with Crippen LogP contribution in [0.15, 0.2) is 10.5 Å². The van der Waals surface area contributed by atoms with Gasteiger partial charge in [0.15, 0.2) is 11.5 Å². The molecule has 0 aliphatic carbocycles. The zero-order valence-electron chi connectivity index (χ0n) is 11.5. The summed E-state index contributed by atoms with van der Waals surface area (Å²) in [6.45, 7) is 2.05. The number of halogens is 1. The molecule has 0 atom stereocenters. The summed E-state index contributed by atoms with van der Waals surface area (Å²) >= 11 is 3.46. The van der Waals surface area contributed by atoms with Crippen LogP contribution in [0.5, 0.6) is 11.5 Å². The molecule has 1 aromatic rings. The van der Waals surface area contributed by atoms with Crippen molar-refractivity contribution >= 4 is 21.9 Å². The van der Waals surface area contributed by atoms with E-state index in [1.54, 1.807) is 14.2 Å². The first-order valence-electron chi connectivity index (χ1n) is 6.19. The first-order chi connectivity index (χ1) is 9.04. The molecule has 0 radical (unpaired) electrons. The lowest BCUT2D eigenvalue weighted by molar-refractivity contribution is -0.137. The van der Waals surface area contributed by atoms with Gasteiger partial charge < -0.3 is 14.6 Å². The lowest BCUT2D eigenvalue weighted by atomic mass is 9.98. The second-order valence-corrected chi connectivity index (χ2v) is 5.02. The molecule has 0 bridgehead atoms. The van der Waals surface area contributed by atoms with Crippen LogP contribution in [0.2, 0.25) is 0 Å². The third kappa shape index (κ3) is 3.86. The molecule has 1 aromatic carbocycles. The Morgan fingerprint density at radius 2 is 1.95 bits per heavy atom. The highest BCUT2D eigenvalue weighted by atomic mass is 79.9. The Labute approximate surface area is 121 Å². The Balaban J connectivity index is 3.09. The summed E-state index contributed by atoms with van der Waals surface area (Å²) in [5, 5.41) is 8.70. The molecule has 1 rings (SSSR count). The predicted octanol–water partition coefficient (Wildman–Crippen LogP) is 3.44. The van der Waals surface area contributed by atoms with Gasteiger partial charge >= 0.3 is 5.97 Å². The van der Waals surface area contributed by atoms with Crippen molar-refractivity contribution in [2.24, 2.45) is 0 Å². The van der Waals surface area contributed by atoms with E-state index in [-0.39, 0.29) is 6.42 Å². The number of methoxy groups -OCH3 is 2. The Kier molecular flexibility index (Phi) is 6.15. The highest BCUT2D eigenvalue weighted by Crippen LogP contribution is 2.40. The van der Waals surface area contributed by atoms with Crippen LogP contribution in [0, 0.1) is 0 Å². The lowest BCUT2D eigenvalue weighted by Gasteiger charge is -2.17. The molecule has 0 spiro atoms. The van der Waals surface area contributed by atoms with E-state index in [9.17, 15) is 4.79 Å². The molecule has 0 unspecified atom stereocenters. The third-order valence-electron chi connectivity index (χ3n) is 2.98. The number of carboxylic acid groups (broad SMARTS) is 1. The average molecular weight is 331 g/mol. The molecular formula is C14H19BrO4. The van der Waals surface area contributed by atoms with Gasteiger partial charge in [0.2, 0.25) is 0 Å². The third-order valence-corrected chi connectivity index (χ3v) is 3.57. The number of carbonyl (C=O) groups is 1. The van der Waals surface area contributed by atoms with Gasteiger partial charge in [-0.3, -0.25) is 4.79 Å². The maximum Gasteiger partial charge on any atom is 0.303 e. The molecular weight excluding hydrogens is 312 g/mol. The first-order valence-corrected chi connectivity index (χ1v) is 6.98. The van der Waals surface area contributed by atoms with E-state index < -0.39 is 5.97 Å². The van der Waals surface area contributed by atoms with Gasteiger partial charge in [0.25, 0.3) is 0 Å². The van der Waals surface area contributed by atoms with E-state index >= 15 is 0 Å². The van der Waals surface area contributed by atoms with Crippen molar-refractivity contribution in [3.05, 3.63) is 21.7 Å². The highest BCUT2D eigenvalue weighted by molar-refractivity contribution is 9.10. The molecule has 4 nitrogen and oxygen atoms in total. The molecule has 0 saturated heterocycles. The van der Waals surface area contributed by atoms with Crippen molar-refractivity contribution < 1.29 is 19.4 Å². The highest BCUT2D eigenvalue weighted by Gasteiger charge is 2.17. The Morgan fingerprint density at radius 1 is 1.32 bits per heavy atom. The molecule has 0 amide bonds. The van der Waals surface area contributed by atoms with E-state index in [2.05, 4.69) is 15.9 Å². The maximum absolute atomic E-state index is 10.6. The number of rotatable bonds is 7. The van der Waals surface area contributed by atoms with Gasteiger partial charge in [0.1, 0.15) is 0 Å². The minimum absolute atomic E-state index is 0.176. The second kappa shape index (κ2) is 7.38. The predicted molar refractivity (Wildman–Crippen MR) is 77.2 cm³/mol. The Hall–Kier alpha value is -1.23. The van der Waals surface area contributed by atoms with Gasteiger partial charge in [0, 0.05) is 12.0 Å². The monoisotopic (exact) mass is 330 g/mol. The van der Waals surface area contributed by atoms with E-state index in [0.29, 0.717) is 18.6 Å². The van der Waals surface area contributed by atoms with Crippen LogP contribution in [-0.4, -0.2) is 25.3 Å². The second-order valence-electron chi connectivity index (χ2n) is 4.16. The van der Waals surface area contributed by atoms with Crippen LogP contribution in [0.4, 0.5) is 0 Å². The maximum atomic E-state index is 10.6. The van der Waals surface area contributed by atoms with Gasteiger partial charge in [-0.2, -0.15) is 0 Å². The minimum atomic E-state index is -0.766. The van der Waals surface area contributed by atoms with Crippen LogP contribution in [0.1, 0.15) is 30.9 Å². The number of carboxylic acids is 1. The van der Waals surface area contributed by atoms with Gasteiger partial charge in [0.05, 0.1) is 18.7 Å². The largest absolute Gasteiger partial charge is 0.493 e. The van der Waals surface area contributed by atoms with Crippen molar-refractivity contribution in [2.45, 2.75) is 32.6 Å². The number of aliphatic carboxylic acids is 1. The van der Waals surface area contributed by atoms with Gasteiger partial charge in [-0.1, -0.05) is 6.92 Å². The van der Waals surface area contributed by atoms with Crippen molar-refractivity contribution in [3.63, 3.8) is 0 Å². The van der Waals surface area contributed by atoms with Crippen molar-refractivity contribution in [1.82, 2.24) is 0 Å². The zero-order chi connectivity index (χ0) is 14.4. The van der Waals surface area contributed by atoms with Crippen molar-refractivity contribution in [1.29, 1.82) is 0 Å². The molecule has 0 fully saturated rings. The van der Waals surface area contributed by atoms with Crippen molar-refractivity contribution in [3.8, 4) is 11.5 Å². The minimum Gasteiger partial charge on any atom is -0.493 e. The molecule has 0 saturated carbocycles. The van der Waals surface area contributed by atoms with Gasteiger partial charge in [-0.05, 0) is 46.8 Å². The molecule has 1 N–H and O–H groups in total. The van der Waals surface area contributed by atoms with Crippen LogP contribution < -0.4 is 9.47 Å². The molecule has 5 heteroatoms. The van der Waals surface area contributed by atoms with E-state index in [0.717, 1.165) is 27.8 Å². The average Bonchev–Trinajstić information content (AvgIpc) is 2.37. The van der Waals surface area contributed by atoms with E-state index in [1.165, 1.54) is 0 Å². The molecule has 0 aliphatic rings. The summed E-state index contributed by atoms with van der Waals surface area (Å²) in [5.74, 6) is 0.642. The van der Waals surface area contributed by atoms with Crippen LogP contribution in [-0.2, 0) is 17.6 Å². The first kappa shape index (κ1) is 15.8. The Morgan fingerprint density at radius 3 is 2.42 bits per heavy atom. The topological polar surface area (TPSA) is 55.8 Å². The lowest BCUT2D eigenvalue weighted by Crippen LogP contribution is -2.03. The zero-order valence-corrected chi connectivity index (χ0v) is 13.0. The number of aryl methyl sites for hydroxylation is 1. The Bertz CT molecular complexity index is 457. The number of benzene rings is 1. The number of ether oxygens (including phenoxy) is 2. The SMILES string of the molecule is CCc1c(CCCC(=O)O)cc(Br)c(OC)c1OC. The fourth-order valence-electron chi connectivity index (χ4n) is 2.14. The number of hydrogen-bond donors (Lipinski definition) is 1. The molecule has 19 heavy (non-hydrogen) atoms. The fourth-order valence-corrected chi connectivity index (χ4v) is 2.76. The summed E-state index contributed by atoms with van der Waals surface area (Å²) in [6, 6.07) is 1.99. The van der Waals surface area contributed by atoms with Crippen LogP contribution in [0.25, 0.3) is 0 Å². The van der Waals surface area contributed by atoms with Crippen LogP contribution in [0.3, 0.4) is 0 Å². The molecule has 106 valence electrons. The fraction of sp³-hybridized carbons (Fsp3) is 0.500. The smallest absolute Gasteiger partial charge is 0.303 e. The summed E-state index contributed by atoms with van der Waals surface area (Å²) in [7, 11) is 3.22. The van der Waals surface area contributed by atoms with Gasteiger partial charge in [-0.15, -0.1) is 0 Å². The van der Waals surface area contributed by atoms with Crippen LogP contribution >= 0.6 is 15.9 Å². The van der Waals surface area contributed by atoms with Gasteiger partial charge in [-0.25, -0.2) is 0 Å². The van der Waals surface area contributed by atoms with Crippen molar-refractivity contribution in [2.75, 3.05) is 14.2 Å². The quantitative estimate of drug-likeness (QED) is 0.832.